The molecule has 1 aromatic carbocycles. The van der Waals surface area contributed by atoms with E-state index in [0.717, 1.165) is 15.5 Å². The topological polar surface area (TPSA) is 85.4 Å². The SMILES string of the molecule is O=C([O-])[C@@H]1C[C@H](F)CN1C(=O)NCc1csc(-c2ccccc2)n1.[K+]. The molecule has 1 aromatic heterocycles. The zero-order valence-electron chi connectivity index (χ0n) is 13.6. The number of aromatic nitrogens is 1. The number of carboxylic acids is 1. The minimum atomic E-state index is -1.44. The Morgan fingerprint density at radius 3 is 2.76 bits per heavy atom. The van der Waals surface area contributed by atoms with Crippen molar-refractivity contribution in [2.45, 2.75) is 25.2 Å². The third-order valence-electron chi connectivity index (χ3n) is 3.78. The maximum atomic E-state index is 13.4. The molecule has 25 heavy (non-hydrogen) atoms. The van der Waals surface area contributed by atoms with Gasteiger partial charge in [0.2, 0.25) is 0 Å². The molecule has 0 radical (unpaired) electrons. The number of benzene rings is 1. The van der Waals surface area contributed by atoms with Gasteiger partial charge < -0.3 is 20.1 Å². The number of carboxylic acid groups (broad SMARTS) is 1. The predicted molar refractivity (Wildman–Crippen MR) is 84.8 cm³/mol. The van der Waals surface area contributed by atoms with E-state index >= 15 is 0 Å². The first-order valence-corrected chi connectivity index (χ1v) is 8.32. The van der Waals surface area contributed by atoms with Gasteiger partial charge in [-0.15, -0.1) is 11.3 Å². The van der Waals surface area contributed by atoms with Crippen molar-refractivity contribution in [3.8, 4) is 10.6 Å². The summed E-state index contributed by atoms with van der Waals surface area (Å²) in [5.41, 5.74) is 1.64. The Morgan fingerprint density at radius 2 is 2.08 bits per heavy atom. The number of halogens is 1. The first kappa shape index (κ1) is 20.5. The van der Waals surface area contributed by atoms with Crippen molar-refractivity contribution < 1.29 is 70.5 Å². The number of alkyl halides is 1. The van der Waals surface area contributed by atoms with Gasteiger partial charge in [0, 0.05) is 17.4 Å². The average molecular weight is 387 g/mol. The third kappa shape index (κ3) is 5.08. The summed E-state index contributed by atoms with van der Waals surface area (Å²) >= 11 is 1.45. The van der Waals surface area contributed by atoms with Crippen LogP contribution in [-0.2, 0) is 11.3 Å². The average Bonchev–Trinajstić information content (AvgIpc) is 3.20. The fourth-order valence-corrected chi connectivity index (χ4v) is 3.43. The van der Waals surface area contributed by atoms with Crippen molar-refractivity contribution in [3.63, 3.8) is 0 Å². The van der Waals surface area contributed by atoms with Crippen molar-refractivity contribution in [2.24, 2.45) is 0 Å². The Labute approximate surface area is 190 Å². The molecule has 2 aromatic rings. The van der Waals surface area contributed by atoms with Crippen molar-refractivity contribution in [1.29, 1.82) is 0 Å². The number of aliphatic carboxylic acids is 1. The van der Waals surface area contributed by atoms with E-state index < -0.39 is 24.2 Å². The number of hydrogen-bond acceptors (Lipinski definition) is 5. The van der Waals surface area contributed by atoms with Gasteiger partial charge in [-0.1, -0.05) is 30.3 Å². The maximum Gasteiger partial charge on any atom is 1.00 e. The number of rotatable bonds is 4. The Kier molecular flexibility index (Phi) is 7.53. The van der Waals surface area contributed by atoms with E-state index in [0.29, 0.717) is 5.69 Å². The van der Waals surface area contributed by atoms with E-state index in [1.807, 2.05) is 35.7 Å². The van der Waals surface area contributed by atoms with Crippen molar-refractivity contribution >= 4 is 23.3 Å². The molecule has 1 aliphatic heterocycles. The molecular formula is C16H15FKN3O3S. The number of carbonyl (C=O) groups is 2. The number of hydrogen-bond donors (Lipinski definition) is 1. The third-order valence-corrected chi connectivity index (χ3v) is 4.72. The quantitative estimate of drug-likeness (QED) is 0.627. The Bertz CT molecular complexity index is 743. The van der Waals surface area contributed by atoms with Gasteiger partial charge >= 0.3 is 57.4 Å². The van der Waals surface area contributed by atoms with E-state index in [4.69, 9.17) is 0 Å². The van der Waals surface area contributed by atoms with Crippen LogP contribution in [0.15, 0.2) is 35.7 Å². The van der Waals surface area contributed by atoms with Crippen molar-refractivity contribution in [3.05, 3.63) is 41.4 Å². The summed E-state index contributed by atoms with van der Waals surface area (Å²) in [4.78, 5) is 28.5. The van der Waals surface area contributed by atoms with Crippen LogP contribution in [0.25, 0.3) is 10.6 Å². The monoisotopic (exact) mass is 387 g/mol. The van der Waals surface area contributed by atoms with Crippen LogP contribution in [0.4, 0.5) is 9.18 Å². The first-order valence-electron chi connectivity index (χ1n) is 7.44. The summed E-state index contributed by atoms with van der Waals surface area (Å²) in [6.07, 6.45) is -1.58. The van der Waals surface area contributed by atoms with Crippen LogP contribution in [-0.4, -0.2) is 40.6 Å². The van der Waals surface area contributed by atoms with Crippen LogP contribution in [0.3, 0.4) is 0 Å². The van der Waals surface area contributed by atoms with Gasteiger partial charge in [-0.05, 0) is 0 Å². The maximum absolute atomic E-state index is 13.4. The molecule has 9 heteroatoms. The molecule has 1 fully saturated rings. The largest absolute Gasteiger partial charge is 1.00 e. The second-order valence-electron chi connectivity index (χ2n) is 5.49. The summed E-state index contributed by atoms with van der Waals surface area (Å²) in [6, 6.07) is 7.78. The fraction of sp³-hybridized carbons (Fsp3) is 0.312. The molecule has 1 N–H and O–H groups in total. The summed E-state index contributed by atoms with van der Waals surface area (Å²) in [6.45, 7) is -0.0911. The van der Waals surface area contributed by atoms with Gasteiger partial charge in [-0.3, -0.25) is 0 Å². The molecular weight excluding hydrogens is 372 g/mol. The van der Waals surface area contributed by atoms with Crippen LogP contribution in [0.1, 0.15) is 12.1 Å². The van der Waals surface area contributed by atoms with Gasteiger partial charge in [-0.25, -0.2) is 14.2 Å². The number of carbonyl (C=O) groups excluding carboxylic acids is 2. The van der Waals surface area contributed by atoms with Gasteiger partial charge in [0.15, 0.2) is 0 Å². The smallest absolute Gasteiger partial charge is 0.548 e. The van der Waals surface area contributed by atoms with E-state index in [-0.39, 0.29) is 70.9 Å². The zero-order chi connectivity index (χ0) is 17.1. The Morgan fingerprint density at radius 1 is 1.36 bits per heavy atom. The van der Waals surface area contributed by atoms with Crippen molar-refractivity contribution in [2.75, 3.05) is 6.54 Å². The number of nitrogens with zero attached hydrogens (tertiary/aromatic N) is 2. The number of amides is 2. The summed E-state index contributed by atoms with van der Waals surface area (Å²) in [5, 5.41) is 16.2. The minimum Gasteiger partial charge on any atom is -0.548 e. The minimum absolute atomic E-state index is 0. The molecule has 0 bridgehead atoms. The van der Waals surface area contributed by atoms with Crippen LogP contribution < -0.4 is 61.8 Å². The molecule has 2 atom stereocenters. The van der Waals surface area contributed by atoms with E-state index in [9.17, 15) is 19.1 Å². The molecule has 0 unspecified atom stereocenters. The van der Waals surface area contributed by atoms with Gasteiger partial charge in [0.05, 0.1) is 30.8 Å². The van der Waals surface area contributed by atoms with E-state index in [1.54, 1.807) is 0 Å². The normalized spacial score (nSPS) is 19.3. The summed E-state index contributed by atoms with van der Waals surface area (Å²) in [7, 11) is 0. The molecule has 1 saturated heterocycles. The van der Waals surface area contributed by atoms with Crippen LogP contribution in [0.5, 0.6) is 0 Å². The number of thiazole rings is 1. The molecule has 0 spiro atoms. The molecule has 0 aliphatic carbocycles. The number of nitrogens with one attached hydrogen (secondary N) is 1. The zero-order valence-corrected chi connectivity index (χ0v) is 17.6. The fourth-order valence-electron chi connectivity index (χ4n) is 2.60. The van der Waals surface area contributed by atoms with Crippen LogP contribution >= 0.6 is 11.3 Å². The standard InChI is InChI=1S/C16H16FN3O3S.K/c17-11-6-13(15(21)22)20(8-11)16(23)18-7-12-9-24-14(19-12)10-4-2-1-3-5-10;/h1-5,9,11,13H,6-8H2,(H,18,23)(H,21,22);/q;+1/p-1/t11-,13-;/m0./s1. The Hall–Kier alpha value is -0.844. The molecule has 2 heterocycles. The molecule has 0 saturated carbocycles. The summed E-state index contributed by atoms with van der Waals surface area (Å²) < 4.78 is 13.4. The molecule has 2 amide bonds. The van der Waals surface area contributed by atoms with Gasteiger partial charge in [0.25, 0.3) is 0 Å². The van der Waals surface area contributed by atoms with Gasteiger partial charge in [-0.2, -0.15) is 0 Å². The number of likely N-dealkylation sites (tertiary alicyclic amines) is 1. The molecule has 3 rings (SSSR count). The van der Waals surface area contributed by atoms with Gasteiger partial charge in [0.1, 0.15) is 11.2 Å². The summed E-state index contributed by atoms with van der Waals surface area (Å²) in [5.74, 6) is -1.44. The molecule has 126 valence electrons. The van der Waals surface area contributed by atoms with Crippen molar-refractivity contribution in [1.82, 2.24) is 15.2 Å². The second-order valence-corrected chi connectivity index (χ2v) is 6.35. The molecule has 6 nitrogen and oxygen atoms in total. The first-order chi connectivity index (χ1) is 11.5. The molecule has 1 aliphatic rings. The number of urea groups is 1. The Balaban J connectivity index is 0.00000225. The van der Waals surface area contributed by atoms with Crippen LogP contribution in [0.2, 0.25) is 0 Å². The predicted octanol–water partition coefficient (Wildman–Crippen LogP) is -1.81. The second kappa shape index (κ2) is 9.20. The van der Waals surface area contributed by atoms with Crippen LogP contribution in [0, 0.1) is 0 Å². The van der Waals surface area contributed by atoms with E-state index in [1.165, 1.54) is 11.3 Å². The van der Waals surface area contributed by atoms with E-state index in [2.05, 4.69) is 10.3 Å².